The number of imidazole rings is 1. The Morgan fingerprint density at radius 2 is 1.94 bits per heavy atom. The Bertz CT molecular complexity index is 1110. The maximum Gasteiger partial charge on any atom is 0.326 e. The summed E-state index contributed by atoms with van der Waals surface area (Å²) in [6.07, 6.45) is 2.57. The summed E-state index contributed by atoms with van der Waals surface area (Å²) < 4.78 is 3.81. The Labute approximate surface area is 181 Å². The third kappa shape index (κ3) is 4.35. The number of nitrogens with zero attached hydrogens (tertiary/aromatic N) is 6. The number of para-hydroxylation sites is 2. The van der Waals surface area contributed by atoms with Crippen molar-refractivity contribution in [2.45, 2.75) is 52.7 Å². The van der Waals surface area contributed by atoms with E-state index in [1.54, 1.807) is 4.57 Å². The Hall–Kier alpha value is -3.10. The van der Waals surface area contributed by atoms with E-state index >= 15 is 0 Å². The highest BCUT2D eigenvalue weighted by Gasteiger charge is 2.24. The van der Waals surface area contributed by atoms with Gasteiger partial charge in [-0.15, -0.1) is 10.2 Å². The minimum absolute atomic E-state index is 0.125. The van der Waals surface area contributed by atoms with Gasteiger partial charge in [-0.3, -0.25) is 13.9 Å². The molecule has 1 aliphatic rings. The number of aromatic amines is 1. The number of carbonyl (C=O) groups is 1. The average Bonchev–Trinajstić information content (AvgIpc) is 3.44. The molecule has 1 aliphatic heterocycles. The second-order valence-corrected chi connectivity index (χ2v) is 8.48. The fourth-order valence-corrected chi connectivity index (χ4v) is 4.20. The lowest BCUT2D eigenvalue weighted by Crippen LogP contribution is -2.30. The number of H-pyrrole nitrogens is 1. The number of benzene rings is 1. The summed E-state index contributed by atoms with van der Waals surface area (Å²) in [6, 6.07) is 7.69. The number of amides is 1. The van der Waals surface area contributed by atoms with Crippen molar-refractivity contribution >= 4 is 22.9 Å². The molecule has 1 aromatic carbocycles. The molecule has 0 aliphatic carbocycles. The summed E-state index contributed by atoms with van der Waals surface area (Å²) in [5, 5.41) is 8.90. The molecule has 1 N–H and O–H groups in total. The van der Waals surface area contributed by atoms with Gasteiger partial charge in [0, 0.05) is 39.6 Å². The van der Waals surface area contributed by atoms with Gasteiger partial charge in [0.15, 0.2) is 5.82 Å². The normalized spacial score (nSPS) is 15.2. The molecule has 1 unspecified atom stereocenters. The number of aromatic nitrogens is 5. The highest BCUT2D eigenvalue weighted by molar-refractivity contribution is 5.78. The Balaban J connectivity index is 1.62. The van der Waals surface area contributed by atoms with Crippen molar-refractivity contribution in [3.05, 3.63) is 40.6 Å². The van der Waals surface area contributed by atoms with Gasteiger partial charge in [0.25, 0.3) is 0 Å². The first-order valence-corrected chi connectivity index (χ1v) is 11.1. The van der Waals surface area contributed by atoms with Crippen molar-refractivity contribution in [3.63, 3.8) is 0 Å². The molecule has 9 nitrogen and oxygen atoms in total. The lowest BCUT2D eigenvalue weighted by Gasteiger charge is -2.23. The van der Waals surface area contributed by atoms with Crippen LogP contribution in [0.25, 0.3) is 11.0 Å². The van der Waals surface area contributed by atoms with Crippen LogP contribution >= 0.6 is 0 Å². The smallest absolute Gasteiger partial charge is 0.326 e. The first-order valence-electron chi connectivity index (χ1n) is 11.1. The van der Waals surface area contributed by atoms with Crippen LogP contribution in [0.1, 0.15) is 38.9 Å². The van der Waals surface area contributed by atoms with Crippen molar-refractivity contribution in [1.82, 2.24) is 29.2 Å². The topological polar surface area (TPSA) is 92.1 Å². The molecule has 0 bridgehead atoms. The molecule has 3 aromatic rings. The van der Waals surface area contributed by atoms with E-state index in [-0.39, 0.29) is 11.6 Å². The number of hydrogen-bond donors (Lipinski definition) is 1. The molecule has 1 saturated heterocycles. The van der Waals surface area contributed by atoms with E-state index in [0.717, 1.165) is 48.7 Å². The van der Waals surface area contributed by atoms with Crippen molar-refractivity contribution < 1.29 is 4.79 Å². The zero-order chi connectivity index (χ0) is 22.0. The minimum Gasteiger partial charge on any atom is -0.344 e. The Kier molecular flexibility index (Phi) is 6.11. The van der Waals surface area contributed by atoms with E-state index < -0.39 is 0 Å². The zero-order valence-corrected chi connectivity index (χ0v) is 18.5. The van der Waals surface area contributed by atoms with Gasteiger partial charge in [0.2, 0.25) is 11.9 Å². The predicted molar refractivity (Wildman–Crippen MR) is 120 cm³/mol. The van der Waals surface area contributed by atoms with Crippen LogP contribution < -0.4 is 10.6 Å². The fraction of sp³-hybridized carbons (Fsp3) is 0.545. The summed E-state index contributed by atoms with van der Waals surface area (Å²) in [6.45, 7) is 7.50. The molecule has 3 heterocycles. The molecule has 1 atom stereocenters. The third-order valence-electron chi connectivity index (χ3n) is 6.16. The van der Waals surface area contributed by atoms with Crippen molar-refractivity contribution in [2.75, 3.05) is 25.0 Å². The fourth-order valence-electron chi connectivity index (χ4n) is 4.20. The first-order chi connectivity index (χ1) is 15.0. The highest BCUT2D eigenvalue weighted by atomic mass is 16.2. The van der Waals surface area contributed by atoms with E-state index in [4.69, 9.17) is 0 Å². The van der Waals surface area contributed by atoms with Gasteiger partial charge in [-0.05, 0) is 24.5 Å². The van der Waals surface area contributed by atoms with Gasteiger partial charge in [-0.2, -0.15) is 0 Å². The predicted octanol–water partition coefficient (Wildman–Crippen LogP) is 2.23. The SMILES string of the molecule is CCC(C)CN(C)c1nnc(CN2CCCC2=O)n1CCn1c(=O)[nH]c2ccccc21. The first kappa shape index (κ1) is 21.1. The molecule has 0 radical (unpaired) electrons. The molecule has 4 rings (SSSR count). The summed E-state index contributed by atoms with van der Waals surface area (Å²) in [7, 11) is 2.02. The number of carbonyl (C=O) groups excluding carboxylic acids is 1. The number of likely N-dealkylation sites (tertiary alicyclic amines) is 1. The number of nitrogens with one attached hydrogen (secondary N) is 1. The van der Waals surface area contributed by atoms with Crippen LogP contribution in [-0.4, -0.2) is 55.3 Å². The molecule has 1 amide bonds. The summed E-state index contributed by atoms with van der Waals surface area (Å²) in [5.41, 5.74) is 1.58. The van der Waals surface area contributed by atoms with Crippen LogP contribution in [0.4, 0.5) is 5.95 Å². The van der Waals surface area contributed by atoms with E-state index in [0.29, 0.717) is 32.0 Å². The molecule has 9 heteroatoms. The number of anilines is 1. The quantitative estimate of drug-likeness (QED) is 0.568. The van der Waals surface area contributed by atoms with E-state index in [1.165, 1.54) is 0 Å². The van der Waals surface area contributed by atoms with Crippen molar-refractivity contribution in [2.24, 2.45) is 5.92 Å². The van der Waals surface area contributed by atoms with Crippen LogP contribution in [-0.2, 0) is 24.4 Å². The summed E-state index contributed by atoms with van der Waals surface area (Å²) in [5.74, 6) is 2.22. The number of fused-ring (bicyclic) bond motifs is 1. The lowest BCUT2D eigenvalue weighted by molar-refractivity contribution is -0.128. The lowest BCUT2D eigenvalue weighted by atomic mass is 10.1. The van der Waals surface area contributed by atoms with Gasteiger partial charge >= 0.3 is 5.69 Å². The Morgan fingerprint density at radius 3 is 2.68 bits per heavy atom. The third-order valence-corrected chi connectivity index (χ3v) is 6.16. The Morgan fingerprint density at radius 1 is 1.16 bits per heavy atom. The molecule has 31 heavy (non-hydrogen) atoms. The largest absolute Gasteiger partial charge is 0.344 e. The molecule has 1 fully saturated rings. The number of rotatable bonds is 9. The van der Waals surface area contributed by atoms with Gasteiger partial charge in [-0.1, -0.05) is 32.4 Å². The second-order valence-electron chi connectivity index (χ2n) is 8.48. The highest BCUT2D eigenvalue weighted by Crippen LogP contribution is 2.19. The van der Waals surface area contributed by atoms with Gasteiger partial charge in [-0.25, -0.2) is 4.79 Å². The number of hydrogen-bond acceptors (Lipinski definition) is 5. The van der Waals surface area contributed by atoms with E-state index in [1.807, 2.05) is 36.2 Å². The maximum absolute atomic E-state index is 12.5. The molecule has 2 aromatic heterocycles. The van der Waals surface area contributed by atoms with Crippen LogP contribution in [0.3, 0.4) is 0 Å². The molecule has 0 saturated carbocycles. The van der Waals surface area contributed by atoms with Crippen molar-refractivity contribution in [3.8, 4) is 0 Å². The van der Waals surface area contributed by atoms with Gasteiger partial charge in [0.05, 0.1) is 17.6 Å². The van der Waals surface area contributed by atoms with Crippen LogP contribution in [0, 0.1) is 5.92 Å². The van der Waals surface area contributed by atoms with E-state index in [2.05, 4.69) is 38.5 Å². The maximum atomic E-state index is 12.5. The van der Waals surface area contributed by atoms with E-state index in [9.17, 15) is 9.59 Å². The molecular weight excluding hydrogens is 394 g/mol. The zero-order valence-electron chi connectivity index (χ0n) is 18.5. The standard InChI is InChI=1S/C22H31N7O2/c1-4-16(2)14-26(3)21-25-24-19(15-27-11-7-10-20(27)30)29(21)13-12-28-18-9-6-5-8-17(18)23-22(28)31/h5-6,8-9,16H,4,7,10-15H2,1-3H3,(H,23,31). The van der Waals surface area contributed by atoms with Crippen LogP contribution in [0.2, 0.25) is 0 Å². The molecular formula is C22H31N7O2. The molecule has 0 spiro atoms. The van der Waals surface area contributed by atoms with Gasteiger partial charge < -0.3 is 14.8 Å². The van der Waals surface area contributed by atoms with Crippen LogP contribution in [0.5, 0.6) is 0 Å². The monoisotopic (exact) mass is 425 g/mol. The second kappa shape index (κ2) is 8.95. The van der Waals surface area contributed by atoms with Gasteiger partial charge in [0.1, 0.15) is 0 Å². The number of aryl methyl sites for hydroxylation is 1. The minimum atomic E-state index is -0.125. The van der Waals surface area contributed by atoms with Crippen molar-refractivity contribution in [1.29, 1.82) is 0 Å². The van der Waals surface area contributed by atoms with Crippen LogP contribution in [0.15, 0.2) is 29.1 Å². The molecule has 166 valence electrons. The summed E-state index contributed by atoms with van der Waals surface area (Å²) in [4.78, 5) is 31.5. The average molecular weight is 426 g/mol. The summed E-state index contributed by atoms with van der Waals surface area (Å²) >= 11 is 0.